The first-order valence-corrected chi connectivity index (χ1v) is 11.0. The normalized spacial score (nSPS) is 16.1. The molecule has 0 aromatic heterocycles. The predicted molar refractivity (Wildman–Crippen MR) is 107 cm³/mol. The Morgan fingerprint density at radius 2 is 1.65 bits per heavy atom. The summed E-state index contributed by atoms with van der Waals surface area (Å²) in [6.45, 7) is 1.97. The van der Waals surface area contributed by atoms with Crippen LogP contribution in [0.25, 0.3) is 0 Å². The van der Waals surface area contributed by atoms with E-state index in [1.807, 2.05) is 0 Å². The van der Waals surface area contributed by atoms with Crippen LogP contribution in [0, 0.1) is 0 Å². The number of carbonyl (C=O) groups excluding carboxylic acids is 1. The second-order valence-corrected chi connectivity index (χ2v) is 8.85. The van der Waals surface area contributed by atoms with Crippen molar-refractivity contribution in [3.8, 4) is 5.75 Å². The van der Waals surface area contributed by atoms with Gasteiger partial charge in [0.05, 0.1) is 4.90 Å². The van der Waals surface area contributed by atoms with Crippen molar-refractivity contribution in [1.82, 2.24) is 14.9 Å². The molecule has 1 amide bonds. The molecule has 2 aromatic rings. The van der Waals surface area contributed by atoms with Crippen molar-refractivity contribution in [2.24, 2.45) is 0 Å². The van der Waals surface area contributed by atoms with E-state index in [1.54, 1.807) is 4.90 Å². The van der Waals surface area contributed by atoms with Gasteiger partial charge in [0.1, 0.15) is 11.8 Å². The van der Waals surface area contributed by atoms with Crippen molar-refractivity contribution in [2.45, 2.75) is 17.3 Å². The zero-order valence-electron chi connectivity index (χ0n) is 16.0. The van der Waals surface area contributed by atoms with Crippen LogP contribution in [-0.4, -0.2) is 51.8 Å². The first-order valence-electron chi connectivity index (χ1n) is 9.18. The highest BCUT2D eigenvalue weighted by atomic mass is 35.5. The lowest BCUT2D eigenvalue weighted by molar-refractivity contribution is -0.274. The van der Waals surface area contributed by atoms with E-state index in [2.05, 4.69) is 14.8 Å². The summed E-state index contributed by atoms with van der Waals surface area (Å²) < 4.78 is 68.8. The molecule has 1 fully saturated rings. The van der Waals surface area contributed by atoms with E-state index in [-0.39, 0.29) is 4.90 Å². The molecule has 1 atom stereocenters. The standard InChI is InChI=1S/C19H19ClF3N3O4S/c20-14-3-1-13(2-4-14)17(18(27)26-11-9-24-10-12-26)25-31(28,29)16-7-5-15(6-8-16)30-19(21,22)23/h1-8,17,24-25H,9-12H2/t17-/m1/s1. The molecule has 0 spiro atoms. The third-order valence-corrected chi connectivity index (χ3v) is 6.21. The first kappa shape index (κ1) is 23.3. The number of rotatable bonds is 6. The summed E-state index contributed by atoms with van der Waals surface area (Å²) in [5, 5.41) is 3.53. The van der Waals surface area contributed by atoms with E-state index in [4.69, 9.17) is 11.6 Å². The third-order valence-electron chi connectivity index (χ3n) is 4.52. The van der Waals surface area contributed by atoms with Crippen LogP contribution in [0.4, 0.5) is 13.2 Å². The Kier molecular flexibility index (Phi) is 7.10. The summed E-state index contributed by atoms with van der Waals surface area (Å²) in [6, 6.07) is 8.63. The largest absolute Gasteiger partial charge is 0.573 e. The maximum atomic E-state index is 13.1. The number of sulfonamides is 1. The van der Waals surface area contributed by atoms with Crippen molar-refractivity contribution in [3.05, 3.63) is 59.1 Å². The van der Waals surface area contributed by atoms with Gasteiger partial charge in [0, 0.05) is 31.2 Å². The van der Waals surface area contributed by atoms with Crippen molar-refractivity contribution in [3.63, 3.8) is 0 Å². The lowest BCUT2D eigenvalue weighted by Crippen LogP contribution is -2.50. The maximum absolute atomic E-state index is 13.1. The highest BCUT2D eigenvalue weighted by Gasteiger charge is 2.33. The molecule has 168 valence electrons. The van der Waals surface area contributed by atoms with Crippen LogP contribution >= 0.6 is 11.6 Å². The monoisotopic (exact) mass is 477 g/mol. The molecule has 31 heavy (non-hydrogen) atoms. The number of halogens is 4. The molecule has 3 rings (SSSR count). The van der Waals surface area contributed by atoms with Crippen molar-refractivity contribution < 1.29 is 31.1 Å². The van der Waals surface area contributed by atoms with E-state index >= 15 is 0 Å². The van der Waals surface area contributed by atoms with Crippen LogP contribution in [0.1, 0.15) is 11.6 Å². The second kappa shape index (κ2) is 9.43. The zero-order valence-corrected chi connectivity index (χ0v) is 17.6. The lowest BCUT2D eigenvalue weighted by Gasteiger charge is -2.31. The molecule has 12 heteroatoms. The molecule has 1 saturated heterocycles. The Morgan fingerprint density at radius 3 is 2.19 bits per heavy atom. The van der Waals surface area contributed by atoms with Crippen molar-refractivity contribution in [1.29, 1.82) is 0 Å². The molecule has 0 aliphatic carbocycles. The Bertz CT molecular complexity index is 1010. The molecule has 1 aliphatic rings. The van der Waals surface area contributed by atoms with Crippen molar-refractivity contribution >= 4 is 27.5 Å². The summed E-state index contributed by atoms with van der Waals surface area (Å²) in [5.41, 5.74) is 0.383. The third kappa shape index (κ3) is 6.33. The highest BCUT2D eigenvalue weighted by Crippen LogP contribution is 2.26. The Morgan fingerprint density at radius 1 is 1.06 bits per heavy atom. The van der Waals surface area contributed by atoms with Crippen LogP contribution in [0.3, 0.4) is 0 Å². The van der Waals surface area contributed by atoms with Gasteiger partial charge in [-0.25, -0.2) is 8.42 Å². The van der Waals surface area contributed by atoms with Crippen LogP contribution in [0.5, 0.6) is 5.75 Å². The minimum Gasteiger partial charge on any atom is -0.406 e. The molecule has 2 N–H and O–H groups in total. The van der Waals surface area contributed by atoms with Gasteiger partial charge in [-0.2, -0.15) is 4.72 Å². The summed E-state index contributed by atoms with van der Waals surface area (Å²) >= 11 is 5.90. The average Bonchev–Trinajstić information content (AvgIpc) is 2.72. The van der Waals surface area contributed by atoms with Crippen LogP contribution in [0.2, 0.25) is 5.02 Å². The van der Waals surface area contributed by atoms with Gasteiger partial charge >= 0.3 is 6.36 Å². The number of ether oxygens (including phenoxy) is 1. The fraction of sp³-hybridized carbons (Fsp3) is 0.316. The van der Waals surface area contributed by atoms with E-state index in [0.29, 0.717) is 36.8 Å². The van der Waals surface area contributed by atoms with E-state index < -0.39 is 34.1 Å². The van der Waals surface area contributed by atoms with E-state index in [9.17, 15) is 26.4 Å². The van der Waals surface area contributed by atoms with Gasteiger partial charge in [-0.1, -0.05) is 23.7 Å². The van der Waals surface area contributed by atoms with Gasteiger partial charge in [0.2, 0.25) is 15.9 Å². The fourth-order valence-electron chi connectivity index (χ4n) is 3.03. The smallest absolute Gasteiger partial charge is 0.406 e. The minimum atomic E-state index is -4.89. The predicted octanol–water partition coefficient (Wildman–Crippen LogP) is 2.69. The lowest BCUT2D eigenvalue weighted by atomic mass is 10.1. The molecule has 0 unspecified atom stereocenters. The number of hydrogen-bond acceptors (Lipinski definition) is 5. The summed E-state index contributed by atoms with van der Waals surface area (Å²) in [4.78, 5) is 14.3. The van der Waals surface area contributed by atoms with E-state index in [0.717, 1.165) is 24.3 Å². The van der Waals surface area contributed by atoms with Crippen molar-refractivity contribution in [2.75, 3.05) is 26.2 Å². The van der Waals surface area contributed by atoms with Crippen LogP contribution in [-0.2, 0) is 14.8 Å². The molecule has 1 aliphatic heterocycles. The minimum absolute atomic E-state index is 0.311. The quantitative estimate of drug-likeness (QED) is 0.668. The molecule has 7 nitrogen and oxygen atoms in total. The number of carbonyl (C=O) groups is 1. The average molecular weight is 478 g/mol. The topological polar surface area (TPSA) is 87.7 Å². The molecule has 0 radical (unpaired) electrons. The van der Waals surface area contributed by atoms with Gasteiger partial charge in [-0.05, 0) is 42.0 Å². The number of amides is 1. The van der Waals surface area contributed by atoms with Gasteiger partial charge in [0.15, 0.2) is 0 Å². The molecule has 2 aromatic carbocycles. The molecule has 0 saturated carbocycles. The zero-order chi connectivity index (χ0) is 22.6. The number of nitrogens with zero attached hydrogens (tertiary/aromatic N) is 1. The Balaban J connectivity index is 1.86. The van der Waals surface area contributed by atoms with Gasteiger partial charge in [-0.15, -0.1) is 13.2 Å². The number of alkyl halides is 3. The van der Waals surface area contributed by atoms with Gasteiger partial charge in [-0.3, -0.25) is 4.79 Å². The number of piperazine rings is 1. The second-order valence-electron chi connectivity index (χ2n) is 6.70. The molecule has 0 bridgehead atoms. The Labute approximate surface area is 182 Å². The number of hydrogen-bond donors (Lipinski definition) is 2. The maximum Gasteiger partial charge on any atom is 0.573 e. The fourth-order valence-corrected chi connectivity index (χ4v) is 4.33. The first-order chi connectivity index (χ1) is 14.5. The summed E-state index contributed by atoms with van der Waals surface area (Å²) in [6.07, 6.45) is -4.89. The van der Waals surface area contributed by atoms with E-state index in [1.165, 1.54) is 24.3 Å². The van der Waals surface area contributed by atoms with Crippen LogP contribution in [0.15, 0.2) is 53.4 Å². The molecular formula is C19H19ClF3N3O4S. The number of benzene rings is 2. The van der Waals surface area contributed by atoms with Crippen LogP contribution < -0.4 is 14.8 Å². The summed E-state index contributed by atoms with van der Waals surface area (Å²) in [5.74, 6) is -0.998. The van der Waals surface area contributed by atoms with Gasteiger partial charge < -0.3 is 15.0 Å². The van der Waals surface area contributed by atoms with Gasteiger partial charge in [0.25, 0.3) is 0 Å². The SMILES string of the molecule is O=C([C@H](NS(=O)(=O)c1ccc(OC(F)(F)F)cc1)c1ccc(Cl)cc1)N1CCNCC1. The molecular weight excluding hydrogens is 459 g/mol. The Hall–Kier alpha value is -2.34. The molecule has 1 heterocycles. The summed E-state index contributed by atoms with van der Waals surface area (Å²) in [7, 11) is -4.24. The highest BCUT2D eigenvalue weighted by molar-refractivity contribution is 7.89. The number of nitrogens with one attached hydrogen (secondary N) is 2.